The molecule has 1 saturated heterocycles. The van der Waals surface area contributed by atoms with Crippen LogP contribution in [0.1, 0.15) is 11.6 Å². The fourth-order valence-corrected chi connectivity index (χ4v) is 4.03. The third kappa shape index (κ3) is 2.96. The lowest BCUT2D eigenvalue weighted by molar-refractivity contribution is -0.117. The van der Waals surface area contributed by atoms with Crippen LogP contribution in [-0.4, -0.2) is 48.7 Å². The Morgan fingerprint density at radius 3 is 2.04 bits per heavy atom. The summed E-state index contributed by atoms with van der Waals surface area (Å²) < 4.78 is 30.1. The van der Waals surface area contributed by atoms with E-state index in [1.54, 1.807) is 4.90 Å². The number of nitrogens with zero attached hydrogens (tertiary/aromatic N) is 1. The highest BCUT2D eigenvalue weighted by Crippen LogP contribution is 2.43. The van der Waals surface area contributed by atoms with Gasteiger partial charge in [0.2, 0.25) is 0 Å². The number of benzene rings is 3. The van der Waals surface area contributed by atoms with Crippen LogP contribution in [0.2, 0.25) is 0 Å². The summed E-state index contributed by atoms with van der Waals surface area (Å²) in [4.78, 5) is 1.81. The van der Waals surface area contributed by atoms with Gasteiger partial charge in [-0.05, 0) is 33.2 Å². The van der Waals surface area contributed by atoms with E-state index in [9.17, 15) is 5.11 Å². The van der Waals surface area contributed by atoms with Crippen molar-refractivity contribution in [2.24, 2.45) is 0 Å². The Hall–Kier alpha value is -2.08. The standard InChI is InChI=1S/C21H22F2N2O/c22-21(23,14-26)20(25-11-9-24-10-12-25)19-17-7-3-1-5-15(17)13-16-6-2-4-8-18(16)19/h1-8,13,20,24,26H,9-12,14H2/t20-/m1/s1. The molecule has 0 bridgehead atoms. The first kappa shape index (κ1) is 17.3. The van der Waals surface area contributed by atoms with Crippen molar-refractivity contribution in [3.05, 3.63) is 60.2 Å². The minimum absolute atomic E-state index is 0.526. The number of hydrogen-bond donors (Lipinski definition) is 2. The maximum atomic E-state index is 15.0. The molecule has 1 aliphatic heterocycles. The molecule has 0 spiro atoms. The van der Waals surface area contributed by atoms with Gasteiger partial charge in [0.25, 0.3) is 5.92 Å². The van der Waals surface area contributed by atoms with Crippen LogP contribution in [-0.2, 0) is 0 Å². The van der Waals surface area contributed by atoms with Gasteiger partial charge in [-0.3, -0.25) is 4.90 Å². The Kier molecular flexibility index (Phi) is 4.61. The number of aliphatic hydroxyl groups is 1. The zero-order chi connectivity index (χ0) is 18.1. The lowest BCUT2D eigenvalue weighted by Gasteiger charge is -2.39. The molecule has 3 aromatic rings. The van der Waals surface area contributed by atoms with Gasteiger partial charge in [0.1, 0.15) is 12.6 Å². The summed E-state index contributed by atoms with van der Waals surface area (Å²) >= 11 is 0. The predicted molar refractivity (Wildman–Crippen MR) is 101 cm³/mol. The summed E-state index contributed by atoms with van der Waals surface area (Å²) in [7, 11) is 0. The number of piperazine rings is 1. The highest BCUT2D eigenvalue weighted by molar-refractivity contribution is 6.02. The van der Waals surface area contributed by atoms with Crippen LogP contribution < -0.4 is 5.32 Å². The van der Waals surface area contributed by atoms with E-state index in [0.717, 1.165) is 21.5 Å². The Morgan fingerprint density at radius 1 is 0.962 bits per heavy atom. The number of nitrogens with one attached hydrogen (secondary N) is 1. The van der Waals surface area contributed by atoms with E-state index in [2.05, 4.69) is 5.32 Å². The third-order valence-corrected chi connectivity index (χ3v) is 5.21. The maximum Gasteiger partial charge on any atom is 0.289 e. The van der Waals surface area contributed by atoms with Crippen molar-refractivity contribution in [3.63, 3.8) is 0 Å². The molecule has 5 heteroatoms. The molecular weight excluding hydrogens is 334 g/mol. The van der Waals surface area contributed by atoms with E-state index < -0.39 is 18.6 Å². The lowest BCUT2D eigenvalue weighted by Crippen LogP contribution is -2.51. The number of alkyl halides is 2. The van der Waals surface area contributed by atoms with Crippen molar-refractivity contribution in [2.45, 2.75) is 12.0 Å². The Bertz CT molecular complexity index is 868. The Balaban J connectivity index is 2.03. The summed E-state index contributed by atoms with van der Waals surface area (Å²) in [5.41, 5.74) is 0.611. The predicted octanol–water partition coefficient (Wildman–Crippen LogP) is 3.57. The van der Waals surface area contributed by atoms with Crippen LogP contribution in [0.3, 0.4) is 0 Å². The molecule has 0 aromatic heterocycles. The van der Waals surface area contributed by atoms with Crippen molar-refractivity contribution in [1.82, 2.24) is 10.2 Å². The number of hydrogen-bond acceptors (Lipinski definition) is 3. The van der Waals surface area contributed by atoms with Gasteiger partial charge in [-0.2, -0.15) is 0 Å². The van der Waals surface area contributed by atoms with E-state index in [4.69, 9.17) is 0 Å². The van der Waals surface area contributed by atoms with Crippen LogP contribution in [0.4, 0.5) is 8.78 Å². The van der Waals surface area contributed by atoms with E-state index in [1.165, 1.54) is 0 Å². The molecule has 0 saturated carbocycles. The molecule has 1 fully saturated rings. The van der Waals surface area contributed by atoms with E-state index in [-0.39, 0.29) is 0 Å². The minimum Gasteiger partial charge on any atom is -0.390 e. The van der Waals surface area contributed by atoms with Crippen molar-refractivity contribution in [3.8, 4) is 0 Å². The summed E-state index contributed by atoms with van der Waals surface area (Å²) in [5, 5.41) is 16.2. The summed E-state index contributed by atoms with van der Waals surface area (Å²) in [6.45, 7) is 1.22. The number of fused-ring (bicyclic) bond motifs is 2. The van der Waals surface area contributed by atoms with E-state index in [1.807, 2.05) is 54.6 Å². The highest BCUT2D eigenvalue weighted by atomic mass is 19.3. The number of halogens is 2. The van der Waals surface area contributed by atoms with Gasteiger partial charge < -0.3 is 10.4 Å². The topological polar surface area (TPSA) is 35.5 Å². The average molecular weight is 356 g/mol. The molecule has 0 aliphatic carbocycles. The van der Waals surface area contributed by atoms with Gasteiger partial charge in [0.05, 0.1) is 0 Å². The molecule has 136 valence electrons. The first-order valence-corrected chi connectivity index (χ1v) is 8.95. The fourth-order valence-electron chi connectivity index (χ4n) is 4.03. The second-order valence-electron chi connectivity index (χ2n) is 6.84. The zero-order valence-corrected chi connectivity index (χ0v) is 14.5. The second-order valence-corrected chi connectivity index (χ2v) is 6.84. The smallest absolute Gasteiger partial charge is 0.289 e. The van der Waals surface area contributed by atoms with E-state index >= 15 is 8.78 Å². The average Bonchev–Trinajstić information content (AvgIpc) is 2.68. The summed E-state index contributed by atoms with van der Waals surface area (Å²) in [6.07, 6.45) is 0. The largest absolute Gasteiger partial charge is 0.390 e. The molecule has 0 amide bonds. The molecule has 3 nitrogen and oxygen atoms in total. The molecule has 0 radical (unpaired) electrons. The van der Waals surface area contributed by atoms with Crippen molar-refractivity contribution < 1.29 is 13.9 Å². The lowest BCUT2D eigenvalue weighted by atomic mass is 9.88. The normalized spacial score (nSPS) is 17.7. The van der Waals surface area contributed by atoms with Crippen LogP contribution in [0.15, 0.2) is 54.6 Å². The highest BCUT2D eigenvalue weighted by Gasteiger charge is 2.45. The van der Waals surface area contributed by atoms with Crippen molar-refractivity contribution >= 4 is 21.5 Å². The van der Waals surface area contributed by atoms with Crippen LogP contribution in [0.25, 0.3) is 21.5 Å². The zero-order valence-electron chi connectivity index (χ0n) is 14.5. The van der Waals surface area contributed by atoms with Crippen LogP contribution in [0, 0.1) is 0 Å². The monoisotopic (exact) mass is 356 g/mol. The van der Waals surface area contributed by atoms with Gasteiger partial charge in [-0.15, -0.1) is 0 Å². The van der Waals surface area contributed by atoms with Gasteiger partial charge in [-0.1, -0.05) is 48.5 Å². The molecule has 1 aliphatic rings. The fraction of sp³-hybridized carbons (Fsp3) is 0.333. The van der Waals surface area contributed by atoms with Gasteiger partial charge in [0, 0.05) is 26.2 Å². The molecular formula is C21H22F2N2O. The molecule has 0 unspecified atom stereocenters. The Morgan fingerprint density at radius 2 is 1.50 bits per heavy atom. The van der Waals surface area contributed by atoms with Crippen molar-refractivity contribution in [2.75, 3.05) is 32.8 Å². The third-order valence-electron chi connectivity index (χ3n) is 5.21. The van der Waals surface area contributed by atoms with Gasteiger partial charge in [0.15, 0.2) is 0 Å². The first-order valence-electron chi connectivity index (χ1n) is 8.95. The number of aliphatic hydroxyl groups excluding tert-OH is 1. The quantitative estimate of drug-likeness (QED) is 0.702. The summed E-state index contributed by atoms with van der Waals surface area (Å²) in [6, 6.07) is 16.2. The van der Waals surface area contributed by atoms with E-state index in [0.29, 0.717) is 31.7 Å². The molecule has 1 atom stereocenters. The van der Waals surface area contributed by atoms with Gasteiger partial charge >= 0.3 is 0 Å². The first-order chi connectivity index (χ1) is 12.6. The minimum atomic E-state index is -3.23. The number of rotatable bonds is 4. The molecule has 4 rings (SSSR count). The van der Waals surface area contributed by atoms with Crippen molar-refractivity contribution in [1.29, 1.82) is 0 Å². The molecule has 1 heterocycles. The molecule has 2 N–H and O–H groups in total. The maximum absolute atomic E-state index is 15.0. The Labute approximate surface area is 151 Å². The molecule has 3 aromatic carbocycles. The summed E-state index contributed by atoms with van der Waals surface area (Å²) in [5.74, 6) is -3.23. The van der Waals surface area contributed by atoms with Gasteiger partial charge in [-0.25, -0.2) is 8.78 Å². The van der Waals surface area contributed by atoms with Crippen LogP contribution in [0.5, 0.6) is 0 Å². The molecule has 26 heavy (non-hydrogen) atoms. The van der Waals surface area contributed by atoms with Crippen LogP contribution >= 0.6 is 0 Å². The SMILES string of the molecule is OCC(F)(F)[C@@H](c1c2ccccc2cc2ccccc12)N1CCNCC1. The second kappa shape index (κ2) is 6.91.